The van der Waals surface area contributed by atoms with Crippen molar-refractivity contribution in [3.8, 4) is 0 Å². The highest BCUT2D eigenvalue weighted by atomic mass is 16.1. The van der Waals surface area contributed by atoms with E-state index in [4.69, 9.17) is 0 Å². The molecule has 0 N–H and O–H groups in total. The predicted octanol–water partition coefficient (Wildman–Crippen LogP) is 1.93. The largest absolute Gasteiger partial charge is 0.299 e. The van der Waals surface area contributed by atoms with Crippen LogP contribution in [-0.4, -0.2) is 5.78 Å². The molecule has 0 heterocycles. The number of ketones is 1. The Balaban J connectivity index is 2.48. The lowest BCUT2D eigenvalue weighted by Gasteiger charge is -2.15. The number of rotatable bonds is 1. The number of carbonyl (C=O) groups is 1. The first-order valence-electron chi connectivity index (χ1n) is 3.50. The molecule has 9 heavy (non-hydrogen) atoms. The van der Waals surface area contributed by atoms with Crippen LogP contribution in [0, 0.1) is 5.92 Å². The van der Waals surface area contributed by atoms with Crippen molar-refractivity contribution >= 4 is 5.78 Å². The Bertz CT molecular complexity index is 127. The minimum Gasteiger partial charge on any atom is -0.299 e. The minimum absolute atomic E-state index is 0.179. The van der Waals surface area contributed by atoms with Gasteiger partial charge in [0.25, 0.3) is 0 Å². The van der Waals surface area contributed by atoms with Gasteiger partial charge in [-0.3, -0.25) is 4.79 Å². The Kier molecular flexibility index (Phi) is 2.04. The van der Waals surface area contributed by atoms with Crippen LogP contribution in [0.2, 0.25) is 0 Å². The number of hydrogen-bond acceptors (Lipinski definition) is 1. The Morgan fingerprint density at radius 3 is 2.78 bits per heavy atom. The predicted molar refractivity (Wildman–Crippen MR) is 37.2 cm³/mol. The molecule has 1 aliphatic rings. The zero-order valence-electron chi connectivity index (χ0n) is 5.60. The van der Waals surface area contributed by atoms with E-state index in [1.165, 1.54) is 6.42 Å². The highest BCUT2D eigenvalue weighted by Crippen LogP contribution is 2.20. The first kappa shape index (κ1) is 6.53. The summed E-state index contributed by atoms with van der Waals surface area (Å²) in [6.07, 6.45) is 5.87. The van der Waals surface area contributed by atoms with Gasteiger partial charge in [-0.1, -0.05) is 12.5 Å². The van der Waals surface area contributed by atoms with Gasteiger partial charge in [-0.05, 0) is 12.8 Å². The fraction of sp³-hybridized carbons (Fsp3) is 0.625. The zero-order chi connectivity index (χ0) is 6.69. The standard InChI is InChI=1S/C8H12O/c1-2-7-5-3-4-6-8(7)9/h2,7H,1,3-6H2/t7-/m0/s1. The van der Waals surface area contributed by atoms with E-state index in [1.807, 2.05) is 0 Å². The molecule has 0 aromatic carbocycles. The molecule has 1 saturated carbocycles. The first-order chi connectivity index (χ1) is 4.34. The molecule has 1 fully saturated rings. The van der Waals surface area contributed by atoms with Crippen LogP contribution in [0.4, 0.5) is 0 Å². The molecule has 0 aromatic heterocycles. The second-order valence-corrected chi connectivity index (χ2v) is 2.55. The highest BCUT2D eigenvalue weighted by molar-refractivity contribution is 5.83. The first-order valence-corrected chi connectivity index (χ1v) is 3.50. The van der Waals surface area contributed by atoms with Gasteiger partial charge in [0.2, 0.25) is 0 Å². The fourth-order valence-electron chi connectivity index (χ4n) is 1.26. The Morgan fingerprint density at radius 1 is 1.56 bits per heavy atom. The van der Waals surface area contributed by atoms with Gasteiger partial charge >= 0.3 is 0 Å². The summed E-state index contributed by atoms with van der Waals surface area (Å²) in [7, 11) is 0. The summed E-state index contributed by atoms with van der Waals surface area (Å²) < 4.78 is 0. The molecule has 0 unspecified atom stereocenters. The van der Waals surface area contributed by atoms with Crippen molar-refractivity contribution in [3.05, 3.63) is 12.7 Å². The Morgan fingerprint density at radius 2 is 2.33 bits per heavy atom. The van der Waals surface area contributed by atoms with Gasteiger partial charge in [0.05, 0.1) is 0 Å². The van der Waals surface area contributed by atoms with Gasteiger partial charge < -0.3 is 0 Å². The van der Waals surface area contributed by atoms with Crippen LogP contribution < -0.4 is 0 Å². The lowest BCUT2D eigenvalue weighted by atomic mass is 9.88. The summed E-state index contributed by atoms with van der Waals surface area (Å²) in [5, 5.41) is 0. The molecule has 1 nitrogen and oxygen atoms in total. The van der Waals surface area contributed by atoms with E-state index in [0.717, 1.165) is 19.3 Å². The van der Waals surface area contributed by atoms with Crippen molar-refractivity contribution in [1.29, 1.82) is 0 Å². The molecule has 0 aliphatic heterocycles. The van der Waals surface area contributed by atoms with E-state index >= 15 is 0 Å². The second kappa shape index (κ2) is 2.81. The summed E-state index contributed by atoms with van der Waals surface area (Å²) in [6.45, 7) is 3.61. The molecule has 1 heteroatoms. The summed E-state index contributed by atoms with van der Waals surface area (Å²) in [6, 6.07) is 0. The van der Waals surface area contributed by atoms with Crippen molar-refractivity contribution in [3.63, 3.8) is 0 Å². The maximum atomic E-state index is 11.0. The van der Waals surface area contributed by atoms with E-state index in [9.17, 15) is 4.79 Å². The van der Waals surface area contributed by atoms with Gasteiger partial charge in [0.1, 0.15) is 5.78 Å². The van der Waals surface area contributed by atoms with E-state index in [0.29, 0.717) is 5.78 Å². The van der Waals surface area contributed by atoms with Gasteiger partial charge in [-0.25, -0.2) is 0 Å². The minimum atomic E-state index is 0.179. The maximum Gasteiger partial charge on any atom is 0.139 e. The molecule has 1 rings (SSSR count). The number of allylic oxidation sites excluding steroid dienone is 1. The molecule has 0 saturated heterocycles. The third kappa shape index (κ3) is 1.41. The van der Waals surface area contributed by atoms with Crippen LogP contribution in [0.15, 0.2) is 12.7 Å². The smallest absolute Gasteiger partial charge is 0.139 e. The van der Waals surface area contributed by atoms with Crippen molar-refractivity contribution in [2.24, 2.45) is 5.92 Å². The third-order valence-corrected chi connectivity index (χ3v) is 1.89. The molecule has 0 bridgehead atoms. The fourth-order valence-corrected chi connectivity index (χ4v) is 1.26. The van der Waals surface area contributed by atoms with E-state index in [2.05, 4.69) is 6.58 Å². The number of Topliss-reactive ketones (excluding diaryl/α,β-unsaturated/α-hetero) is 1. The normalized spacial score (nSPS) is 28.0. The lowest BCUT2D eigenvalue weighted by molar-refractivity contribution is -0.122. The van der Waals surface area contributed by atoms with Gasteiger partial charge in [-0.2, -0.15) is 0 Å². The average Bonchev–Trinajstić information content (AvgIpc) is 1.89. The summed E-state index contributed by atoms with van der Waals surface area (Å²) in [5.74, 6) is 0.565. The topological polar surface area (TPSA) is 17.1 Å². The summed E-state index contributed by atoms with van der Waals surface area (Å²) in [5.41, 5.74) is 0. The van der Waals surface area contributed by atoms with E-state index < -0.39 is 0 Å². The molecular formula is C8H12O. The van der Waals surface area contributed by atoms with Crippen LogP contribution in [0.5, 0.6) is 0 Å². The second-order valence-electron chi connectivity index (χ2n) is 2.55. The number of carbonyl (C=O) groups excluding carboxylic acids is 1. The van der Waals surface area contributed by atoms with Gasteiger partial charge in [-0.15, -0.1) is 6.58 Å². The molecule has 0 aromatic rings. The average molecular weight is 124 g/mol. The van der Waals surface area contributed by atoms with Crippen LogP contribution in [0.3, 0.4) is 0 Å². The van der Waals surface area contributed by atoms with E-state index in [1.54, 1.807) is 6.08 Å². The Labute approximate surface area is 55.8 Å². The van der Waals surface area contributed by atoms with Crippen molar-refractivity contribution in [2.75, 3.05) is 0 Å². The van der Waals surface area contributed by atoms with Crippen LogP contribution >= 0.6 is 0 Å². The quantitative estimate of drug-likeness (QED) is 0.488. The van der Waals surface area contributed by atoms with Crippen molar-refractivity contribution in [2.45, 2.75) is 25.7 Å². The monoisotopic (exact) mass is 124 g/mol. The molecule has 0 spiro atoms. The molecule has 0 radical (unpaired) electrons. The molecule has 1 atom stereocenters. The van der Waals surface area contributed by atoms with Crippen LogP contribution in [-0.2, 0) is 4.79 Å². The van der Waals surface area contributed by atoms with Crippen LogP contribution in [0.1, 0.15) is 25.7 Å². The SMILES string of the molecule is C=C[C@H]1CCCCC1=O. The van der Waals surface area contributed by atoms with Crippen LogP contribution in [0.25, 0.3) is 0 Å². The van der Waals surface area contributed by atoms with E-state index in [-0.39, 0.29) is 5.92 Å². The van der Waals surface area contributed by atoms with Crippen molar-refractivity contribution < 1.29 is 4.79 Å². The molecule has 0 amide bonds. The highest BCUT2D eigenvalue weighted by Gasteiger charge is 2.17. The van der Waals surface area contributed by atoms with Gasteiger partial charge in [0.15, 0.2) is 0 Å². The Hall–Kier alpha value is -0.590. The molecule has 1 aliphatic carbocycles. The maximum absolute atomic E-state index is 11.0. The third-order valence-electron chi connectivity index (χ3n) is 1.89. The summed E-state index contributed by atoms with van der Waals surface area (Å²) in [4.78, 5) is 11.0. The number of hydrogen-bond donors (Lipinski definition) is 0. The lowest BCUT2D eigenvalue weighted by Crippen LogP contribution is -2.15. The van der Waals surface area contributed by atoms with Gasteiger partial charge in [0, 0.05) is 12.3 Å². The molecule has 50 valence electrons. The summed E-state index contributed by atoms with van der Waals surface area (Å²) >= 11 is 0. The van der Waals surface area contributed by atoms with Crippen molar-refractivity contribution in [1.82, 2.24) is 0 Å². The molecular weight excluding hydrogens is 112 g/mol. The zero-order valence-corrected chi connectivity index (χ0v) is 5.60.